The Morgan fingerprint density at radius 3 is 2.50 bits per heavy atom. The van der Waals surface area contributed by atoms with Crippen LogP contribution in [0, 0.1) is 0 Å². The maximum atomic E-state index is 11.9. The molecule has 2 heterocycles. The molecule has 3 N–H and O–H groups in total. The van der Waals surface area contributed by atoms with E-state index in [1.165, 1.54) is 18.7 Å². The second-order valence-electron chi connectivity index (χ2n) is 6.38. The molecule has 130 valence electrons. The van der Waals surface area contributed by atoms with Gasteiger partial charge >= 0.3 is 0 Å². The van der Waals surface area contributed by atoms with Gasteiger partial charge in [0.25, 0.3) is 0 Å². The van der Waals surface area contributed by atoms with E-state index in [1.807, 2.05) is 24.3 Å². The minimum atomic E-state index is -0.637. The highest BCUT2D eigenvalue weighted by atomic mass is 35.5. The van der Waals surface area contributed by atoms with Crippen LogP contribution in [0.2, 0.25) is 0 Å². The smallest absolute Gasteiger partial charge is 0.244 e. The van der Waals surface area contributed by atoms with Gasteiger partial charge in [-0.2, -0.15) is 0 Å². The molecule has 0 saturated heterocycles. The monoisotopic (exact) mass is 368 g/mol. The third kappa shape index (κ3) is 3.58. The number of aromatic nitrogens is 2. The molecule has 0 radical (unpaired) electrons. The van der Waals surface area contributed by atoms with Crippen LogP contribution in [0.3, 0.4) is 0 Å². The Morgan fingerprint density at radius 2 is 1.88 bits per heavy atom. The van der Waals surface area contributed by atoms with Crippen LogP contribution in [0.4, 0.5) is 5.69 Å². The number of carbonyl (C=O) groups is 1. The van der Waals surface area contributed by atoms with Gasteiger partial charge in [-0.05, 0) is 37.8 Å². The van der Waals surface area contributed by atoms with Crippen molar-refractivity contribution in [3.05, 3.63) is 36.3 Å². The van der Waals surface area contributed by atoms with Crippen LogP contribution in [0.5, 0.6) is 0 Å². The molecule has 0 bridgehead atoms. The van der Waals surface area contributed by atoms with Gasteiger partial charge in [0.1, 0.15) is 5.82 Å². The SMILES string of the molecule is Cl.Cl.NC1(C(=O)Nc2ccc(-c3cn4c(n3)CCCC4)cc2)CC1. The first-order chi connectivity index (χ1) is 10.6. The number of nitrogens with one attached hydrogen (secondary N) is 1. The standard InChI is InChI=1S/C17H20N4O.2ClH/c18-17(8-9-17)16(22)19-13-6-4-12(5-7-13)14-11-21-10-2-1-3-15(21)20-14;;/h4-7,11H,1-3,8-10,18H2,(H,19,22);2*1H. The molecule has 2 aliphatic rings. The van der Waals surface area contributed by atoms with Crippen molar-refractivity contribution < 1.29 is 4.79 Å². The fraction of sp³-hybridized carbons (Fsp3) is 0.412. The van der Waals surface area contributed by atoms with Gasteiger partial charge < -0.3 is 15.6 Å². The number of halogens is 2. The van der Waals surface area contributed by atoms with E-state index in [1.54, 1.807) is 0 Å². The predicted octanol–water partition coefficient (Wildman–Crippen LogP) is 3.16. The zero-order valence-corrected chi connectivity index (χ0v) is 15.0. The van der Waals surface area contributed by atoms with Crippen molar-refractivity contribution >= 4 is 36.4 Å². The summed E-state index contributed by atoms with van der Waals surface area (Å²) in [5.41, 5.74) is 8.12. The molecule has 1 saturated carbocycles. The summed E-state index contributed by atoms with van der Waals surface area (Å²) in [6, 6.07) is 7.83. The average molecular weight is 369 g/mol. The maximum absolute atomic E-state index is 11.9. The summed E-state index contributed by atoms with van der Waals surface area (Å²) in [7, 11) is 0. The molecule has 2 aromatic rings. The van der Waals surface area contributed by atoms with Gasteiger partial charge in [0.2, 0.25) is 5.91 Å². The van der Waals surface area contributed by atoms with Gasteiger partial charge in [-0.15, -0.1) is 24.8 Å². The van der Waals surface area contributed by atoms with Crippen molar-refractivity contribution in [1.82, 2.24) is 9.55 Å². The Morgan fingerprint density at radius 1 is 1.17 bits per heavy atom. The van der Waals surface area contributed by atoms with E-state index in [0.717, 1.165) is 42.8 Å². The van der Waals surface area contributed by atoms with Gasteiger partial charge in [0, 0.05) is 30.4 Å². The summed E-state index contributed by atoms with van der Waals surface area (Å²) in [5.74, 6) is 1.09. The fourth-order valence-electron chi connectivity index (χ4n) is 2.89. The average Bonchev–Trinajstić information content (AvgIpc) is 3.14. The highest BCUT2D eigenvalue weighted by Gasteiger charge is 2.45. The maximum Gasteiger partial charge on any atom is 0.244 e. The van der Waals surface area contributed by atoms with E-state index in [0.29, 0.717) is 0 Å². The molecule has 7 heteroatoms. The van der Waals surface area contributed by atoms with E-state index < -0.39 is 5.54 Å². The lowest BCUT2D eigenvalue weighted by molar-refractivity contribution is -0.118. The molecular weight excluding hydrogens is 347 g/mol. The molecule has 1 aliphatic carbocycles. The van der Waals surface area contributed by atoms with E-state index in [-0.39, 0.29) is 30.7 Å². The summed E-state index contributed by atoms with van der Waals surface area (Å²) in [5, 5.41) is 2.88. The Balaban J connectivity index is 0.00000104. The third-order valence-corrected chi connectivity index (χ3v) is 4.59. The van der Waals surface area contributed by atoms with Crippen molar-refractivity contribution in [2.24, 2.45) is 5.73 Å². The number of hydrogen-bond donors (Lipinski definition) is 2. The van der Waals surface area contributed by atoms with Crippen molar-refractivity contribution in [2.45, 2.75) is 44.2 Å². The number of rotatable bonds is 3. The fourth-order valence-corrected chi connectivity index (χ4v) is 2.89. The number of anilines is 1. The Bertz CT molecular complexity index is 699. The molecular formula is C17H22Cl2N4O. The second kappa shape index (κ2) is 7.13. The van der Waals surface area contributed by atoms with Crippen molar-refractivity contribution in [3.63, 3.8) is 0 Å². The van der Waals surface area contributed by atoms with E-state index in [2.05, 4.69) is 16.1 Å². The first-order valence-electron chi connectivity index (χ1n) is 7.91. The molecule has 1 aromatic carbocycles. The highest BCUT2D eigenvalue weighted by molar-refractivity contribution is 6.00. The van der Waals surface area contributed by atoms with Gasteiger partial charge in [0.15, 0.2) is 0 Å². The Hall–Kier alpha value is -1.56. The van der Waals surface area contributed by atoms with Crippen molar-refractivity contribution in [2.75, 3.05) is 5.32 Å². The number of amides is 1. The number of aryl methyl sites for hydroxylation is 2. The number of nitrogens with two attached hydrogens (primary N) is 1. The van der Waals surface area contributed by atoms with Crippen LogP contribution >= 0.6 is 24.8 Å². The molecule has 1 fully saturated rings. The lowest BCUT2D eigenvalue weighted by atomic mass is 10.1. The first-order valence-corrected chi connectivity index (χ1v) is 7.91. The molecule has 0 spiro atoms. The third-order valence-electron chi connectivity index (χ3n) is 4.59. The van der Waals surface area contributed by atoms with Crippen LogP contribution in [0.15, 0.2) is 30.5 Å². The number of hydrogen-bond acceptors (Lipinski definition) is 3. The largest absolute Gasteiger partial charge is 0.334 e. The van der Waals surface area contributed by atoms with E-state index in [4.69, 9.17) is 10.7 Å². The molecule has 5 nitrogen and oxygen atoms in total. The summed E-state index contributed by atoms with van der Waals surface area (Å²) in [4.78, 5) is 16.6. The summed E-state index contributed by atoms with van der Waals surface area (Å²) < 4.78 is 2.25. The minimum Gasteiger partial charge on any atom is -0.334 e. The number of fused-ring (bicyclic) bond motifs is 1. The molecule has 24 heavy (non-hydrogen) atoms. The van der Waals surface area contributed by atoms with Crippen LogP contribution in [-0.4, -0.2) is 21.0 Å². The van der Waals surface area contributed by atoms with E-state index >= 15 is 0 Å². The van der Waals surface area contributed by atoms with Crippen LogP contribution < -0.4 is 11.1 Å². The van der Waals surface area contributed by atoms with E-state index in [9.17, 15) is 4.79 Å². The first kappa shape index (κ1) is 18.8. The summed E-state index contributed by atoms with van der Waals surface area (Å²) in [6.45, 7) is 1.06. The topological polar surface area (TPSA) is 72.9 Å². The zero-order valence-electron chi connectivity index (χ0n) is 13.3. The lowest BCUT2D eigenvalue weighted by Crippen LogP contribution is -2.37. The van der Waals surface area contributed by atoms with Gasteiger partial charge in [-0.1, -0.05) is 12.1 Å². The Kier molecular flexibility index (Phi) is 5.58. The van der Waals surface area contributed by atoms with Crippen LogP contribution in [0.1, 0.15) is 31.5 Å². The molecule has 1 aromatic heterocycles. The van der Waals surface area contributed by atoms with Gasteiger partial charge in [-0.3, -0.25) is 4.79 Å². The minimum absolute atomic E-state index is 0. The molecule has 1 amide bonds. The highest BCUT2D eigenvalue weighted by Crippen LogP contribution is 2.33. The summed E-state index contributed by atoms with van der Waals surface area (Å²) >= 11 is 0. The second-order valence-corrected chi connectivity index (χ2v) is 6.38. The number of nitrogens with zero attached hydrogens (tertiary/aromatic N) is 2. The quantitative estimate of drug-likeness (QED) is 0.873. The van der Waals surface area contributed by atoms with Crippen molar-refractivity contribution in [1.29, 1.82) is 0 Å². The molecule has 4 rings (SSSR count). The number of carbonyl (C=O) groups excluding carboxylic acids is 1. The summed E-state index contributed by atoms with van der Waals surface area (Å²) in [6.07, 6.45) is 7.19. The number of benzene rings is 1. The van der Waals surface area contributed by atoms with Crippen LogP contribution in [0.25, 0.3) is 11.3 Å². The zero-order chi connectivity index (χ0) is 15.2. The predicted molar refractivity (Wildman–Crippen MR) is 99.9 cm³/mol. The lowest BCUT2D eigenvalue weighted by Gasteiger charge is -2.11. The van der Waals surface area contributed by atoms with Gasteiger partial charge in [0.05, 0.1) is 11.2 Å². The number of imidazole rings is 1. The normalized spacial score (nSPS) is 17.0. The molecule has 0 atom stereocenters. The van der Waals surface area contributed by atoms with Crippen LogP contribution in [-0.2, 0) is 17.8 Å². The molecule has 0 unspecified atom stereocenters. The molecule has 1 aliphatic heterocycles. The Labute approximate surface area is 153 Å². The van der Waals surface area contributed by atoms with Crippen molar-refractivity contribution in [3.8, 4) is 11.3 Å². The van der Waals surface area contributed by atoms with Gasteiger partial charge in [-0.25, -0.2) is 4.98 Å².